The van der Waals surface area contributed by atoms with Gasteiger partial charge in [0.15, 0.2) is 6.10 Å². The van der Waals surface area contributed by atoms with Gasteiger partial charge in [0.25, 0.3) is 0 Å². The first-order chi connectivity index (χ1) is 29.6. The minimum Gasteiger partial charge on any atom is -0.544 e. The smallest absolute Gasteiger partial charge is 0.306 e. The number of ether oxygens (including phenoxy) is 3. The maximum Gasteiger partial charge on any atom is 0.306 e. The summed E-state index contributed by atoms with van der Waals surface area (Å²) in [5.41, 5.74) is 0. The van der Waals surface area contributed by atoms with Crippen molar-refractivity contribution >= 4 is 17.9 Å². The van der Waals surface area contributed by atoms with Gasteiger partial charge in [0.2, 0.25) is 0 Å². The van der Waals surface area contributed by atoms with E-state index in [0.29, 0.717) is 12.8 Å². The minimum absolute atomic E-state index is 0.0364. The van der Waals surface area contributed by atoms with Crippen molar-refractivity contribution < 1.29 is 38.2 Å². The largest absolute Gasteiger partial charge is 0.544 e. The molecule has 0 saturated heterocycles. The number of unbranched alkanes of at least 4 members (excludes halogenated alkanes) is 29. The van der Waals surface area contributed by atoms with E-state index in [4.69, 9.17) is 14.2 Å². The quantitative estimate of drug-likeness (QED) is 0.0260. The third-order valence-electron chi connectivity index (χ3n) is 11.8. The van der Waals surface area contributed by atoms with Gasteiger partial charge in [-0.2, -0.15) is 0 Å². The molecule has 8 heteroatoms. The fourth-order valence-corrected chi connectivity index (χ4v) is 7.77. The minimum atomic E-state index is -1.13. The Morgan fingerprint density at radius 3 is 1.20 bits per heavy atom. The summed E-state index contributed by atoms with van der Waals surface area (Å²) in [6.45, 7) is 4.67. The van der Waals surface area contributed by atoms with Gasteiger partial charge in [0.05, 0.1) is 40.3 Å². The van der Waals surface area contributed by atoms with Crippen LogP contribution in [0.3, 0.4) is 0 Å². The van der Waals surface area contributed by atoms with Gasteiger partial charge in [-0.05, 0) is 64.2 Å². The third kappa shape index (κ3) is 42.9. The topological polar surface area (TPSA) is 102 Å². The lowest BCUT2D eigenvalue weighted by Gasteiger charge is -2.34. The molecule has 0 aromatic rings. The van der Waals surface area contributed by atoms with Crippen LogP contribution >= 0.6 is 0 Å². The fraction of sp³-hybridized carbons (Fsp3) is 0.868. The molecule has 0 bridgehead atoms. The summed E-state index contributed by atoms with van der Waals surface area (Å²) in [5, 5.41) is 11.6. The van der Waals surface area contributed by atoms with Crippen molar-refractivity contribution in [3.8, 4) is 0 Å². The molecule has 0 aromatic heterocycles. The lowest BCUT2D eigenvalue weighted by molar-refractivity contribution is -0.889. The van der Waals surface area contributed by atoms with Gasteiger partial charge < -0.3 is 28.6 Å². The maximum atomic E-state index is 12.7. The van der Waals surface area contributed by atoms with Crippen molar-refractivity contribution in [3.05, 3.63) is 24.3 Å². The highest BCUT2D eigenvalue weighted by Crippen LogP contribution is 2.15. The molecule has 0 rings (SSSR count). The van der Waals surface area contributed by atoms with Crippen molar-refractivity contribution in [1.82, 2.24) is 0 Å². The van der Waals surface area contributed by atoms with Crippen LogP contribution < -0.4 is 5.11 Å². The Hall–Kier alpha value is -2.19. The van der Waals surface area contributed by atoms with E-state index in [2.05, 4.69) is 38.2 Å². The standard InChI is InChI=1S/C53H99NO7/c1-6-8-10-12-14-16-18-20-22-23-24-25-26-27-28-29-30-32-33-35-37-39-41-43-51(55)60-48-49(47-59-46-45-50(53(57)58)54(3,4)5)61-52(56)44-42-40-38-36-34-31-21-19-17-15-13-11-9-7-2/h27-28,31,34,49-50H,6-26,29-30,32-33,35-48H2,1-5H3/b28-27+,34-31+. The molecule has 0 saturated carbocycles. The number of carbonyl (C=O) groups is 3. The molecule has 0 N–H and O–H groups in total. The van der Waals surface area contributed by atoms with Gasteiger partial charge in [0.1, 0.15) is 12.6 Å². The lowest BCUT2D eigenvalue weighted by Crippen LogP contribution is -2.55. The van der Waals surface area contributed by atoms with Crippen LogP contribution in [0, 0.1) is 0 Å². The van der Waals surface area contributed by atoms with Gasteiger partial charge in [-0.3, -0.25) is 9.59 Å². The molecule has 8 nitrogen and oxygen atoms in total. The Kier molecular flexibility index (Phi) is 42.8. The van der Waals surface area contributed by atoms with E-state index in [9.17, 15) is 19.5 Å². The molecule has 0 heterocycles. The molecule has 0 aromatic carbocycles. The molecule has 61 heavy (non-hydrogen) atoms. The second-order valence-electron chi connectivity index (χ2n) is 18.8. The van der Waals surface area contributed by atoms with Crippen LogP contribution in [0.5, 0.6) is 0 Å². The number of nitrogens with zero attached hydrogens (tertiary/aromatic N) is 1. The molecule has 2 atom stereocenters. The van der Waals surface area contributed by atoms with Crippen LogP contribution in [0.1, 0.15) is 245 Å². The average molecular weight is 862 g/mol. The first-order valence-corrected chi connectivity index (χ1v) is 25.9. The molecule has 0 fully saturated rings. The molecular weight excluding hydrogens is 763 g/mol. The zero-order valence-electron chi connectivity index (χ0n) is 40.8. The third-order valence-corrected chi connectivity index (χ3v) is 11.8. The van der Waals surface area contributed by atoms with Gasteiger partial charge in [-0.25, -0.2) is 0 Å². The monoisotopic (exact) mass is 862 g/mol. The number of allylic oxidation sites excluding steroid dienone is 4. The summed E-state index contributed by atoms with van der Waals surface area (Å²) < 4.78 is 17.2. The highest BCUT2D eigenvalue weighted by atomic mass is 16.6. The molecular formula is C53H99NO7. The number of quaternary nitrogens is 1. The number of hydrogen-bond donors (Lipinski definition) is 0. The van der Waals surface area contributed by atoms with Crippen LogP contribution in [0.15, 0.2) is 24.3 Å². The van der Waals surface area contributed by atoms with Crippen LogP contribution in [-0.4, -0.2) is 75.5 Å². The molecule has 0 spiro atoms. The number of hydrogen-bond acceptors (Lipinski definition) is 7. The summed E-state index contributed by atoms with van der Waals surface area (Å²) in [7, 11) is 5.41. The summed E-state index contributed by atoms with van der Waals surface area (Å²) in [6.07, 6.45) is 50.7. The summed E-state index contributed by atoms with van der Waals surface area (Å²) >= 11 is 0. The SMILES string of the molecule is CCCCCCCCC/C=C/CCCCCC(=O)OC(COCCC(C(=O)[O-])[N+](C)(C)C)COC(=O)CCCCCCCCC/C=C/CCCCCCCCCCCCCC. The van der Waals surface area contributed by atoms with Crippen molar-refractivity contribution in [1.29, 1.82) is 0 Å². The second-order valence-corrected chi connectivity index (χ2v) is 18.8. The molecule has 0 aliphatic carbocycles. The van der Waals surface area contributed by atoms with E-state index in [0.717, 1.165) is 51.4 Å². The lowest BCUT2D eigenvalue weighted by atomic mass is 10.0. The molecule has 0 amide bonds. The number of aliphatic carboxylic acids is 1. The Morgan fingerprint density at radius 1 is 0.475 bits per heavy atom. The van der Waals surface area contributed by atoms with E-state index >= 15 is 0 Å². The average Bonchev–Trinajstić information content (AvgIpc) is 3.22. The number of carbonyl (C=O) groups excluding carboxylic acids is 3. The van der Waals surface area contributed by atoms with Gasteiger partial charge >= 0.3 is 11.9 Å². The number of carboxylic acid groups (broad SMARTS) is 1. The number of esters is 2. The van der Waals surface area contributed by atoms with Gasteiger partial charge in [-0.1, -0.05) is 186 Å². The van der Waals surface area contributed by atoms with Gasteiger partial charge in [0, 0.05) is 19.3 Å². The molecule has 358 valence electrons. The highest BCUT2D eigenvalue weighted by molar-refractivity contribution is 5.70. The normalized spacial score (nSPS) is 13.0. The Morgan fingerprint density at radius 2 is 0.820 bits per heavy atom. The van der Waals surface area contributed by atoms with Crippen LogP contribution in [0.25, 0.3) is 0 Å². The zero-order chi connectivity index (χ0) is 44.9. The van der Waals surface area contributed by atoms with Crippen LogP contribution in [-0.2, 0) is 28.6 Å². The Balaban J connectivity index is 4.19. The Labute approximate surface area is 377 Å². The number of carboxylic acids is 1. The first kappa shape index (κ1) is 58.8. The molecule has 2 unspecified atom stereocenters. The predicted octanol–water partition coefficient (Wildman–Crippen LogP) is 13.5. The number of likely N-dealkylation sites (N-methyl/N-ethyl adjacent to an activating group) is 1. The van der Waals surface area contributed by atoms with Crippen LogP contribution in [0.2, 0.25) is 0 Å². The van der Waals surface area contributed by atoms with Crippen molar-refractivity contribution in [2.75, 3.05) is 41.0 Å². The highest BCUT2D eigenvalue weighted by Gasteiger charge is 2.25. The second kappa shape index (κ2) is 44.4. The van der Waals surface area contributed by atoms with Crippen LogP contribution in [0.4, 0.5) is 0 Å². The number of rotatable bonds is 47. The van der Waals surface area contributed by atoms with Crippen molar-refractivity contribution in [2.24, 2.45) is 0 Å². The predicted molar refractivity (Wildman–Crippen MR) is 254 cm³/mol. The van der Waals surface area contributed by atoms with E-state index in [-0.39, 0.29) is 42.7 Å². The molecule has 0 aliphatic heterocycles. The van der Waals surface area contributed by atoms with E-state index in [1.54, 1.807) is 21.1 Å². The van der Waals surface area contributed by atoms with E-state index < -0.39 is 18.1 Å². The molecule has 0 aliphatic rings. The van der Waals surface area contributed by atoms with Gasteiger partial charge in [-0.15, -0.1) is 0 Å². The summed E-state index contributed by atoms with van der Waals surface area (Å²) in [5.74, 6) is -1.75. The van der Waals surface area contributed by atoms with E-state index in [1.807, 2.05) is 0 Å². The molecule has 0 radical (unpaired) electrons. The maximum absolute atomic E-state index is 12.7. The van der Waals surface area contributed by atoms with Crippen molar-refractivity contribution in [3.63, 3.8) is 0 Å². The summed E-state index contributed by atoms with van der Waals surface area (Å²) in [4.78, 5) is 37.0. The Bertz CT molecular complexity index is 1050. The first-order valence-electron chi connectivity index (χ1n) is 25.9. The van der Waals surface area contributed by atoms with Crippen molar-refractivity contribution in [2.45, 2.75) is 257 Å². The fourth-order valence-electron chi connectivity index (χ4n) is 7.77. The van der Waals surface area contributed by atoms with E-state index in [1.165, 1.54) is 161 Å². The zero-order valence-corrected chi connectivity index (χ0v) is 40.8. The summed E-state index contributed by atoms with van der Waals surface area (Å²) in [6, 6.07) is -0.727.